The summed E-state index contributed by atoms with van der Waals surface area (Å²) >= 11 is 1.36. The number of carbonyl (C=O) groups excluding carboxylic acids is 1. The highest BCUT2D eigenvalue weighted by Gasteiger charge is 2.20. The highest BCUT2D eigenvalue weighted by molar-refractivity contribution is 8.00. The Balaban J connectivity index is 1.79. The first-order valence-electron chi connectivity index (χ1n) is 7.67. The normalized spacial score (nSPS) is 12.1. The number of aryl methyl sites for hydroxylation is 2. The molecule has 0 aliphatic heterocycles. The van der Waals surface area contributed by atoms with Crippen LogP contribution in [0.3, 0.4) is 0 Å². The summed E-state index contributed by atoms with van der Waals surface area (Å²) in [6, 6.07) is 15.5. The Morgan fingerprint density at radius 1 is 1.00 bits per heavy atom. The van der Waals surface area contributed by atoms with Gasteiger partial charge in [-0.05, 0) is 43.3 Å². The zero-order chi connectivity index (χ0) is 17.1. The minimum absolute atomic E-state index is 0.0680. The van der Waals surface area contributed by atoms with E-state index in [1.807, 2.05) is 69.3 Å². The van der Waals surface area contributed by atoms with Crippen LogP contribution < -0.4 is 0 Å². The summed E-state index contributed by atoms with van der Waals surface area (Å²) < 4.78 is 1.66. The standard InChI is InChI=1S/C18H18N4OS/c1-12-4-8-15(9-5-12)17(23)14(3)24-18-19-20-21-22(18)16-10-6-13(2)7-11-16/h4-11,14H,1-3H3. The quantitative estimate of drug-likeness (QED) is 0.525. The van der Waals surface area contributed by atoms with Crippen LogP contribution in [0.15, 0.2) is 53.7 Å². The second kappa shape index (κ2) is 6.97. The molecule has 0 saturated carbocycles. The van der Waals surface area contributed by atoms with Crippen LogP contribution in [-0.2, 0) is 0 Å². The van der Waals surface area contributed by atoms with E-state index in [1.54, 1.807) is 4.68 Å². The van der Waals surface area contributed by atoms with Gasteiger partial charge in [-0.15, -0.1) is 5.10 Å². The number of thioether (sulfide) groups is 1. The molecular weight excluding hydrogens is 320 g/mol. The van der Waals surface area contributed by atoms with Crippen LogP contribution in [0.2, 0.25) is 0 Å². The number of carbonyl (C=O) groups is 1. The maximum Gasteiger partial charge on any atom is 0.214 e. The van der Waals surface area contributed by atoms with E-state index in [-0.39, 0.29) is 11.0 Å². The number of benzene rings is 2. The molecule has 3 aromatic rings. The first kappa shape index (κ1) is 16.4. The number of hydrogen-bond acceptors (Lipinski definition) is 5. The molecule has 6 heteroatoms. The number of ketones is 1. The van der Waals surface area contributed by atoms with Gasteiger partial charge in [0.15, 0.2) is 5.78 Å². The third-order valence-electron chi connectivity index (χ3n) is 3.71. The molecule has 0 aliphatic carbocycles. The Morgan fingerprint density at radius 3 is 2.21 bits per heavy atom. The van der Waals surface area contributed by atoms with Crippen molar-refractivity contribution >= 4 is 17.5 Å². The summed E-state index contributed by atoms with van der Waals surface area (Å²) in [5.41, 5.74) is 3.89. The van der Waals surface area contributed by atoms with Crippen molar-refractivity contribution in [3.8, 4) is 5.69 Å². The first-order valence-corrected chi connectivity index (χ1v) is 8.55. The van der Waals surface area contributed by atoms with Crippen molar-refractivity contribution in [2.24, 2.45) is 0 Å². The maximum absolute atomic E-state index is 12.6. The number of tetrazole rings is 1. The zero-order valence-corrected chi connectivity index (χ0v) is 14.6. The van der Waals surface area contributed by atoms with E-state index in [1.165, 1.54) is 17.3 Å². The van der Waals surface area contributed by atoms with Crippen molar-refractivity contribution in [2.45, 2.75) is 31.2 Å². The highest BCUT2D eigenvalue weighted by atomic mass is 32.2. The molecule has 0 radical (unpaired) electrons. The number of nitrogens with zero attached hydrogens (tertiary/aromatic N) is 4. The highest BCUT2D eigenvalue weighted by Crippen LogP contribution is 2.25. The van der Waals surface area contributed by atoms with Crippen LogP contribution in [0.25, 0.3) is 5.69 Å². The van der Waals surface area contributed by atoms with Gasteiger partial charge in [0.25, 0.3) is 0 Å². The van der Waals surface area contributed by atoms with Crippen molar-refractivity contribution in [1.29, 1.82) is 0 Å². The number of Topliss-reactive ketones (excluding diaryl/α,β-unsaturated/α-hetero) is 1. The summed E-state index contributed by atoms with van der Waals surface area (Å²) in [6.07, 6.45) is 0. The van der Waals surface area contributed by atoms with Crippen LogP contribution in [0.5, 0.6) is 0 Å². The lowest BCUT2D eigenvalue weighted by Crippen LogP contribution is -2.14. The molecular formula is C18H18N4OS. The molecule has 1 aromatic heterocycles. The lowest BCUT2D eigenvalue weighted by atomic mass is 10.1. The Morgan fingerprint density at radius 2 is 1.58 bits per heavy atom. The molecule has 1 atom stereocenters. The predicted molar refractivity (Wildman–Crippen MR) is 94.7 cm³/mol. The Bertz CT molecular complexity index is 840. The molecule has 0 amide bonds. The van der Waals surface area contributed by atoms with E-state index >= 15 is 0 Å². The molecule has 0 N–H and O–H groups in total. The van der Waals surface area contributed by atoms with E-state index in [9.17, 15) is 4.79 Å². The van der Waals surface area contributed by atoms with Crippen LogP contribution in [0.4, 0.5) is 0 Å². The third-order valence-corrected chi connectivity index (χ3v) is 4.74. The molecule has 0 spiro atoms. The number of rotatable bonds is 5. The zero-order valence-electron chi connectivity index (χ0n) is 13.8. The summed E-state index contributed by atoms with van der Waals surface area (Å²) in [5, 5.41) is 12.2. The largest absolute Gasteiger partial charge is 0.293 e. The van der Waals surface area contributed by atoms with Crippen LogP contribution >= 0.6 is 11.8 Å². The summed E-state index contributed by atoms with van der Waals surface area (Å²) in [5.74, 6) is 0.0680. The number of hydrogen-bond donors (Lipinski definition) is 0. The van der Waals surface area contributed by atoms with Gasteiger partial charge in [-0.1, -0.05) is 59.3 Å². The molecule has 0 fully saturated rings. The molecule has 3 rings (SSSR count). The van der Waals surface area contributed by atoms with Crippen molar-refractivity contribution in [3.63, 3.8) is 0 Å². The van der Waals surface area contributed by atoms with Gasteiger partial charge >= 0.3 is 0 Å². The molecule has 24 heavy (non-hydrogen) atoms. The average Bonchev–Trinajstić information content (AvgIpc) is 3.03. The van der Waals surface area contributed by atoms with Crippen LogP contribution in [0.1, 0.15) is 28.4 Å². The van der Waals surface area contributed by atoms with E-state index in [4.69, 9.17) is 0 Å². The molecule has 0 saturated heterocycles. The molecule has 1 unspecified atom stereocenters. The van der Waals surface area contributed by atoms with E-state index in [0.29, 0.717) is 10.7 Å². The van der Waals surface area contributed by atoms with Gasteiger partial charge in [0.05, 0.1) is 10.9 Å². The second-order valence-corrected chi connectivity index (χ2v) is 7.01. The summed E-state index contributed by atoms with van der Waals surface area (Å²) in [4.78, 5) is 12.6. The van der Waals surface area contributed by atoms with Crippen molar-refractivity contribution in [3.05, 3.63) is 65.2 Å². The van der Waals surface area contributed by atoms with Gasteiger partial charge in [0, 0.05) is 5.56 Å². The van der Waals surface area contributed by atoms with Crippen molar-refractivity contribution in [2.75, 3.05) is 0 Å². The predicted octanol–water partition coefficient (Wildman–Crippen LogP) is 3.64. The van der Waals surface area contributed by atoms with Crippen LogP contribution in [-0.4, -0.2) is 31.2 Å². The SMILES string of the molecule is Cc1ccc(C(=O)C(C)Sc2nnnn2-c2ccc(C)cc2)cc1. The third kappa shape index (κ3) is 3.54. The fourth-order valence-corrected chi connectivity index (χ4v) is 3.15. The molecule has 2 aromatic carbocycles. The lowest BCUT2D eigenvalue weighted by molar-refractivity contribution is 0.0994. The number of aromatic nitrogens is 4. The van der Waals surface area contributed by atoms with E-state index in [0.717, 1.165) is 11.3 Å². The monoisotopic (exact) mass is 338 g/mol. The molecule has 0 bridgehead atoms. The van der Waals surface area contributed by atoms with E-state index < -0.39 is 0 Å². The topological polar surface area (TPSA) is 60.7 Å². The molecule has 5 nitrogen and oxygen atoms in total. The fourth-order valence-electron chi connectivity index (χ4n) is 2.26. The van der Waals surface area contributed by atoms with Gasteiger partial charge in [-0.2, -0.15) is 4.68 Å². The summed E-state index contributed by atoms with van der Waals surface area (Å²) in [7, 11) is 0. The Hall–Kier alpha value is -2.47. The van der Waals surface area contributed by atoms with Gasteiger partial charge in [-0.3, -0.25) is 4.79 Å². The minimum atomic E-state index is -0.275. The van der Waals surface area contributed by atoms with Crippen molar-refractivity contribution < 1.29 is 4.79 Å². The molecule has 0 aliphatic rings. The van der Waals surface area contributed by atoms with Gasteiger partial charge in [0.2, 0.25) is 5.16 Å². The maximum atomic E-state index is 12.6. The van der Waals surface area contributed by atoms with Gasteiger partial charge in [-0.25, -0.2) is 0 Å². The summed E-state index contributed by atoms with van der Waals surface area (Å²) in [6.45, 7) is 5.91. The lowest BCUT2D eigenvalue weighted by Gasteiger charge is -2.10. The minimum Gasteiger partial charge on any atom is -0.293 e. The van der Waals surface area contributed by atoms with Crippen molar-refractivity contribution in [1.82, 2.24) is 20.2 Å². The van der Waals surface area contributed by atoms with Crippen LogP contribution in [0, 0.1) is 13.8 Å². The Kier molecular flexibility index (Phi) is 4.76. The molecule has 122 valence electrons. The van der Waals surface area contributed by atoms with Gasteiger partial charge in [0.1, 0.15) is 0 Å². The van der Waals surface area contributed by atoms with E-state index in [2.05, 4.69) is 15.5 Å². The average molecular weight is 338 g/mol. The fraction of sp³-hybridized carbons (Fsp3) is 0.222. The second-order valence-electron chi connectivity index (χ2n) is 5.70. The molecule has 1 heterocycles. The Labute approximate surface area is 145 Å². The van der Waals surface area contributed by atoms with Gasteiger partial charge < -0.3 is 0 Å². The smallest absolute Gasteiger partial charge is 0.214 e. The first-order chi connectivity index (χ1) is 11.5.